The van der Waals surface area contributed by atoms with Crippen molar-refractivity contribution in [1.82, 2.24) is 10.6 Å². The van der Waals surface area contributed by atoms with E-state index in [1.54, 1.807) is 21.6 Å². The number of nitrogens with one attached hydrogen (secondary N) is 2. The Bertz CT molecular complexity index is 2530. The molecule has 10 rings (SSSR count). The fraction of sp³-hybridized carbons (Fsp3) is 0.370. The minimum absolute atomic E-state index is 0.0288. The van der Waals surface area contributed by atoms with E-state index in [9.17, 15) is 9.59 Å². The number of carbonyl (C=O) groups is 2. The summed E-state index contributed by atoms with van der Waals surface area (Å²) in [6.45, 7) is 18.0. The fourth-order valence-electron chi connectivity index (χ4n) is 11.0. The van der Waals surface area contributed by atoms with Crippen molar-refractivity contribution in [3.05, 3.63) is 155 Å². The molecule has 0 saturated carbocycles. The molecule has 0 spiro atoms. The third-order valence-electron chi connectivity index (χ3n) is 14.4. The third kappa shape index (κ3) is 7.44. The molecule has 2 fully saturated rings. The number of carbonyl (C=O) groups excluding carboxylic acids is 2. The Morgan fingerprint density at radius 3 is 1.47 bits per heavy atom. The van der Waals surface area contributed by atoms with Crippen molar-refractivity contribution < 1.29 is 19.1 Å². The molecule has 2 unspecified atom stereocenters. The number of ether oxygens (including phenoxy) is 2. The second kappa shape index (κ2) is 17.4. The highest BCUT2D eigenvalue weighted by molar-refractivity contribution is 8.76. The largest absolute Gasteiger partial charge is 0.354 e. The minimum Gasteiger partial charge on any atom is -0.354 e. The van der Waals surface area contributed by atoms with Crippen LogP contribution < -0.4 is 30.2 Å². The van der Waals surface area contributed by atoms with Crippen molar-refractivity contribution >= 4 is 67.3 Å². The highest BCUT2D eigenvalue weighted by Gasteiger charge is 2.61. The normalized spacial score (nSPS) is 23.7. The zero-order chi connectivity index (χ0) is 45.8. The van der Waals surface area contributed by atoms with Gasteiger partial charge in [-0.05, 0) is 84.7 Å². The number of nitrogens with zero attached hydrogens (tertiary/aromatic N) is 4. The summed E-state index contributed by atoms with van der Waals surface area (Å²) in [4.78, 5) is 35.3. The number of hydrogen-bond acceptors (Lipinski definition) is 10. The van der Waals surface area contributed by atoms with Crippen LogP contribution in [0.25, 0.3) is 11.1 Å². The quantitative estimate of drug-likeness (QED) is 0.100. The highest BCUT2D eigenvalue weighted by atomic mass is 33.1. The lowest BCUT2D eigenvalue weighted by Gasteiger charge is -2.41. The van der Waals surface area contributed by atoms with Crippen LogP contribution in [0.4, 0.5) is 22.7 Å². The maximum absolute atomic E-state index is 13.2. The molecule has 2 atom stereocenters. The van der Waals surface area contributed by atoms with E-state index < -0.39 is 11.4 Å². The van der Waals surface area contributed by atoms with Crippen LogP contribution in [0.15, 0.2) is 122 Å². The van der Waals surface area contributed by atoms with Gasteiger partial charge in [-0.15, -0.1) is 0 Å². The van der Waals surface area contributed by atoms with Crippen molar-refractivity contribution in [2.45, 2.75) is 63.8 Å². The molecule has 2 N–H and O–H groups in total. The molecular weight excluding hydrogens is 861 g/mol. The van der Waals surface area contributed by atoms with Crippen molar-refractivity contribution in [2.24, 2.45) is 0 Å². The number of amides is 2. The van der Waals surface area contributed by atoms with Crippen molar-refractivity contribution in [3.63, 3.8) is 0 Å². The molecule has 6 heterocycles. The maximum Gasteiger partial charge on any atom is 0.239 e. The van der Waals surface area contributed by atoms with Gasteiger partial charge >= 0.3 is 0 Å². The van der Waals surface area contributed by atoms with Gasteiger partial charge in [-0.25, -0.2) is 0 Å². The number of aryl methyl sites for hydroxylation is 2. The molecule has 66 heavy (non-hydrogen) atoms. The first kappa shape index (κ1) is 44.4. The predicted molar refractivity (Wildman–Crippen MR) is 273 cm³/mol. The van der Waals surface area contributed by atoms with Gasteiger partial charge in [-0.3, -0.25) is 9.59 Å². The summed E-state index contributed by atoms with van der Waals surface area (Å²) in [5.41, 5.74) is 12.2. The van der Waals surface area contributed by atoms with Crippen LogP contribution in [0.3, 0.4) is 0 Å². The molecule has 12 heteroatoms. The number of fused-ring (bicyclic) bond motifs is 8. The first-order chi connectivity index (χ1) is 31.8. The minimum atomic E-state index is -0.604. The number of allylic oxidation sites excluding steroid dienone is 4. The first-order valence-electron chi connectivity index (χ1n) is 23.2. The molecule has 0 aromatic heterocycles. The summed E-state index contributed by atoms with van der Waals surface area (Å²) in [6.07, 6.45) is 12.9. The van der Waals surface area contributed by atoms with E-state index in [0.29, 0.717) is 26.3 Å². The Kier molecular flexibility index (Phi) is 11.7. The molecule has 6 aliphatic heterocycles. The van der Waals surface area contributed by atoms with Crippen LogP contribution >= 0.6 is 21.6 Å². The lowest BCUT2D eigenvalue weighted by Crippen LogP contribution is -2.51. The van der Waals surface area contributed by atoms with Gasteiger partial charge in [0, 0.05) is 94.8 Å². The van der Waals surface area contributed by atoms with E-state index in [1.165, 1.54) is 33.6 Å². The summed E-state index contributed by atoms with van der Waals surface area (Å²) in [5.74, 6) is 1.47. The average Bonchev–Trinajstić information content (AvgIpc) is 4.02. The lowest BCUT2D eigenvalue weighted by atomic mass is 9.76. The second-order valence-electron chi connectivity index (χ2n) is 19.1. The zero-order valence-corrected chi connectivity index (χ0v) is 40.5. The molecule has 10 nitrogen and oxygen atoms in total. The van der Waals surface area contributed by atoms with Crippen molar-refractivity contribution in [2.75, 3.05) is 83.6 Å². The maximum atomic E-state index is 13.2. The number of para-hydroxylation sites is 2. The van der Waals surface area contributed by atoms with Crippen molar-refractivity contribution in [3.8, 4) is 0 Å². The Labute approximate surface area is 397 Å². The van der Waals surface area contributed by atoms with Gasteiger partial charge in [0.15, 0.2) is 11.4 Å². The van der Waals surface area contributed by atoms with E-state index in [-0.39, 0.29) is 35.7 Å². The van der Waals surface area contributed by atoms with Gasteiger partial charge in [0.25, 0.3) is 0 Å². The molecule has 4 aromatic carbocycles. The molecule has 0 aliphatic carbocycles. The third-order valence-corrected chi connectivity index (χ3v) is 16.9. The number of benzene rings is 4. The fourth-order valence-corrected chi connectivity index (χ4v) is 12.8. The van der Waals surface area contributed by atoms with Gasteiger partial charge in [-0.1, -0.05) is 121 Å². The van der Waals surface area contributed by atoms with Crippen LogP contribution in [0.2, 0.25) is 0 Å². The molecule has 0 radical (unpaired) electrons. The Balaban J connectivity index is 0.683. The number of rotatable bonds is 13. The topological polar surface area (TPSA) is 89.6 Å². The average molecular weight is 921 g/mol. The van der Waals surface area contributed by atoms with Crippen LogP contribution in [0.1, 0.15) is 61.1 Å². The van der Waals surface area contributed by atoms with Crippen LogP contribution in [-0.4, -0.2) is 87.3 Å². The van der Waals surface area contributed by atoms with Gasteiger partial charge in [0.05, 0.1) is 13.2 Å². The zero-order valence-electron chi connectivity index (χ0n) is 38.9. The molecule has 342 valence electrons. The smallest absolute Gasteiger partial charge is 0.239 e. The van der Waals surface area contributed by atoms with Gasteiger partial charge in [-0.2, -0.15) is 0 Å². The Hall–Kier alpha value is -5.40. The predicted octanol–water partition coefficient (Wildman–Crippen LogP) is 9.10. The van der Waals surface area contributed by atoms with Crippen molar-refractivity contribution in [1.29, 1.82) is 0 Å². The van der Waals surface area contributed by atoms with Crippen LogP contribution in [0, 0.1) is 13.8 Å². The summed E-state index contributed by atoms with van der Waals surface area (Å²) < 4.78 is 13.4. The number of hydrogen-bond donors (Lipinski definition) is 2. The van der Waals surface area contributed by atoms with Gasteiger partial charge in [0.1, 0.15) is 13.1 Å². The van der Waals surface area contributed by atoms with Gasteiger partial charge < -0.3 is 39.7 Å². The molecule has 6 aliphatic rings. The monoisotopic (exact) mass is 920 g/mol. The molecule has 0 bridgehead atoms. The second-order valence-corrected chi connectivity index (χ2v) is 21.9. The lowest BCUT2D eigenvalue weighted by molar-refractivity contribution is -0.120. The summed E-state index contributed by atoms with van der Waals surface area (Å²) >= 11 is 0. The Morgan fingerprint density at radius 2 is 1.03 bits per heavy atom. The van der Waals surface area contributed by atoms with Crippen LogP contribution in [-0.2, 0) is 29.9 Å². The van der Waals surface area contributed by atoms with E-state index in [1.807, 2.05) is 34.3 Å². The molecule has 2 amide bonds. The summed E-state index contributed by atoms with van der Waals surface area (Å²) in [5, 5.41) is 6.21. The van der Waals surface area contributed by atoms with E-state index in [2.05, 4.69) is 159 Å². The first-order valence-corrected chi connectivity index (χ1v) is 25.7. The highest BCUT2D eigenvalue weighted by Crippen LogP contribution is 2.58. The standard InChI is InChI=1S/C54H60N6O4S2/c1-37-15-17-47-43(31-37)51(3,4)53(59(47)25-27-63-53)33-39-19-23-57(45-13-9-7-11-41(39)45)35-49(61)55-21-29-65-66-30-22-56-50(62)36-58-24-20-40(42-12-8-10-14-46(42)58)34-54-52(5,6)44-32-38(2)16-18-48(44)60(54)26-28-64-54/h7-20,23-24,31-34H,21-22,25-30,35-36H2,1-6H3,(H,55,61)(H,56,62)/b39-33+,40-34+. The summed E-state index contributed by atoms with van der Waals surface area (Å²) in [7, 11) is 3.40. The molecular formula is C54H60N6O4S2. The SMILES string of the molecule is Cc1ccc2c(c1)C(C)(C)C1(/C=C3\C=CN(CC(=O)NCCSSCCNC(=O)CN4C=C/C(=C\C56OCCN5c5ccc(C)cc5C6(C)C)c5ccccc54)c4ccccc43)OCCN21. The number of anilines is 4. The molecule has 2 saturated heterocycles. The van der Waals surface area contributed by atoms with E-state index in [0.717, 1.165) is 58.2 Å². The van der Waals surface area contributed by atoms with E-state index in [4.69, 9.17) is 9.47 Å². The molecule has 4 aromatic rings. The van der Waals surface area contributed by atoms with Crippen LogP contribution in [0.5, 0.6) is 0 Å². The summed E-state index contributed by atoms with van der Waals surface area (Å²) in [6, 6.07) is 30.0. The Morgan fingerprint density at radius 1 is 0.606 bits per heavy atom. The van der Waals surface area contributed by atoms with Gasteiger partial charge in [0.2, 0.25) is 11.8 Å². The van der Waals surface area contributed by atoms with E-state index >= 15 is 0 Å².